The van der Waals surface area contributed by atoms with Gasteiger partial charge in [-0.1, -0.05) is 12.8 Å². The maximum Gasteiger partial charge on any atom is 0.374 e. The summed E-state index contributed by atoms with van der Waals surface area (Å²) in [5.41, 5.74) is 0. The van der Waals surface area contributed by atoms with Crippen LogP contribution in [0.4, 0.5) is 0 Å². The van der Waals surface area contributed by atoms with E-state index in [-0.39, 0.29) is 37.1 Å². The van der Waals surface area contributed by atoms with Crippen molar-refractivity contribution in [2.45, 2.75) is 57.7 Å². The monoisotopic (exact) mass is 377 g/mol. The van der Waals surface area contributed by atoms with Gasteiger partial charge in [-0.2, -0.15) is 0 Å². The first-order chi connectivity index (χ1) is 13.1. The average Bonchev–Trinajstić information content (AvgIpc) is 3.34. The van der Waals surface area contributed by atoms with Gasteiger partial charge in [0.05, 0.1) is 25.6 Å². The number of piperazine rings is 1. The Bertz CT molecular complexity index is 681. The van der Waals surface area contributed by atoms with Gasteiger partial charge in [0.25, 0.3) is 0 Å². The van der Waals surface area contributed by atoms with Crippen LogP contribution in [0.15, 0.2) is 16.5 Å². The number of esters is 1. The van der Waals surface area contributed by atoms with Gasteiger partial charge in [0.2, 0.25) is 17.6 Å². The van der Waals surface area contributed by atoms with Gasteiger partial charge < -0.3 is 19.8 Å². The normalized spacial score (nSPS) is 21.1. The van der Waals surface area contributed by atoms with Crippen LogP contribution in [0.1, 0.15) is 55.3 Å². The molecule has 2 fully saturated rings. The molecule has 1 atom stereocenters. The second-order valence-corrected chi connectivity index (χ2v) is 6.95. The number of rotatable bonds is 7. The Hall–Kier alpha value is -2.35. The Kier molecular flexibility index (Phi) is 6.49. The van der Waals surface area contributed by atoms with Gasteiger partial charge in [0.15, 0.2) is 0 Å². The molecule has 8 heteroatoms. The summed E-state index contributed by atoms with van der Waals surface area (Å²) in [6.07, 6.45) is 4.67. The number of furan rings is 1. The number of nitrogens with zero attached hydrogens (tertiary/aromatic N) is 1. The van der Waals surface area contributed by atoms with E-state index in [1.165, 1.54) is 18.9 Å². The minimum absolute atomic E-state index is 0.0779. The van der Waals surface area contributed by atoms with Crippen LogP contribution in [0.3, 0.4) is 0 Å². The highest BCUT2D eigenvalue weighted by atomic mass is 16.5. The fourth-order valence-corrected chi connectivity index (χ4v) is 3.83. The number of ether oxygens (including phenoxy) is 1. The molecule has 2 N–H and O–H groups in total. The van der Waals surface area contributed by atoms with Crippen LogP contribution in [0, 0.1) is 0 Å². The van der Waals surface area contributed by atoms with E-state index in [1.54, 1.807) is 13.0 Å². The number of hydrogen-bond acceptors (Lipinski definition) is 6. The molecule has 2 amide bonds. The number of carbonyl (C=O) groups is 3. The molecule has 1 saturated heterocycles. The Morgan fingerprint density at radius 3 is 2.85 bits per heavy atom. The highest BCUT2D eigenvalue weighted by Crippen LogP contribution is 2.26. The molecule has 0 spiro atoms. The molecule has 0 bridgehead atoms. The molecule has 1 aromatic heterocycles. The Morgan fingerprint density at radius 2 is 2.11 bits per heavy atom. The molecule has 148 valence electrons. The predicted molar refractivity (Wildman–Crippen MR) is 96.9 cm³/mol. The van der Waals surface area contributed by atoms with Crippen LogP contribution in [0.5, 0.6) is 0 Å². The average molecular weight is 377 g/mol. The van der Waals surface area contributed by atoms with Crippen molar-refractivity contribution in [1.82, 2.24) is 15.5 Å². The van der Waals surface area contributed by atoms with E-state index in [2.05, 4.69) is 15.5 Å². The van der Waals surface area contributed by atoms with E-state index in [9.17, 15) is 14.4 Å². The van der Waals surface area contributed by atoms with Crippen LogP contribution in [0.25, 0.3) is 0 Å². The fourth-order valence-electron chi connectivity index (χ4n) is 3.83. The van der Waals surface area contributed by atoms with Crippen molar-refractivity contribution in [2.24, 2.45) is 0 Å². The van der Waals surface area contributed by atoms with Crippen molar-refractivity contribution in [1.29, 1.82) is 0 Å². The standard InChI is InChI=1S/C19H27N3O5/c1-2-26-19(25)16-8-7-14(27-16)12-21-17(23)11-15-18(24)20-9-10-22(15)13-5-3-4-6-13/h7-8,13,15H,2-6,9-12H2,1H3,(H,20,24)(H,21,23). The van der Waals surface area contributed by atoms with Gasteiger partial charge in [-0.05, 0) is 31.9 Å². The summed E-state index contributed by atoms with van der Waals surface area (Å²) in [6.45, 7) is 3.58. The molecule has 2 heterocycles. The van der Waals surface area contributed by atoms with Gasteiger partial charge in [0, 0.05) is 19.1 Å². The van der Waals surface area contributed by atoms with Crippen molar-refractivity contribution in [3.05, 3.63) is 23.7 Å². The number of hydrogen-bond donors (Lipinski definition) is 2. The zero-order chi connectivity index (χ0) is 19.2. The predicted octanol–water partition coefficient (Wildman–Crippen LogP) is 1.21. The molecule has 2 aliphatic rings. The molecular formula is C19H27N3O5. The first-order valence-corrected chi connectivity index (χ1v) is 9.64. The number of nitrogens with one attached hydrogen (secondary N) is 2. The van der Waals surface area contributed by atoms with Gasteiger partial charge in [-0.3, -0.25) is 14.5 Å². The second kappa shape index (κ2) is 9.03. The molecule has 1 unspecified atom stereocenters. The van der Waals surface area contributed by atoms with Crippen LogP contribution in [-0.2, 0) is 20.9 Å². The van der Waals surface area contributed by atoms with Crippen LogP contribution < -0.4 is 10.6 Å². The quantitative estimate of drug-likeness (QED) is 0.693. The van der Waals surface area contributed by atoms with Crippen LogP contribution >= 0.6 is 0 Å². The summed E-state index contributed by atoms with van der Waals surface area (Å²) in [4.78, 5) is 38.5. The lowest BCUT2D eigenvalue weighted by molar-refractivity contribution is -0.135. The fraction of sp³-hybridized carbons (Fsp3) is 0.632. The minimum atomic E-state index is -0.527. The van der Waals surface area contributed by atoms with E-state index >= 15 is 0 Å². The summed E-state index contributed by atoms with van der Waals surface area (Å²) in [7, 11) is 0. The van der Waals surface area contributed by atoms with Gasteiger partial charge in [-0.15, -0.1) is 0 Å². The van der Waals surface area contributed by atoms with Gasteiger partial charge >= 0.3 is 5.97 Å². The Labute approximate surface area is 158 Å². The zero-order valence-electron chi connectivity index (χ0n) is 15.7. The van der Waals surface area contributed by atoms with Crippen molar-refractivity contribution in [3.8, 4) is 0 Å². The smallest absolute Gasteiger partial charge is 0.374 e. The molecule has 3 rings (SSSR count). The molecule has 0 aromatic carbocycles. The van der Waals surface area contributed by atoms with E-state index in [1.807, 2.05) is 0 Å². The Morgan fingerprint density at radius 1 is 1.33 bits per heavy atom. The Balaban J connectivity index is 1.53. The summed E-state index contributed by atoms with van der Waals surface area (Å²) < 4.78 is 10.3. The molecule has 0 radical (unpaired) electrons. The minimum Gasteiger partial charge on any atom is -0.460 e. The molecule has 1 aliphatic carbocycles. The largest absolute Gasteiger partial charge is 0.460 e. The lowest BCUT2D eigenvalue weighted by atomic mass is 10.0. The molecule has 1 aromatic rings. The second-order valence-electron chi connectivity index (χ2n) is 6.95. The summed E-state index contributed by atoms with van der Waals surface area (Å²) in [6, 6.07) is 3.13. The van der Waals surface area contributed by atoms with Crippen molar-refractivity contribution in [2.75, 3.05) is 19.7 Å². The van der Waals surface area contributed by atoms with E-state index in [0.717, 1.165) is 19.4 Å². The van der Waals surface area contributed by atoms with Crippen molar-refractivity contribution in [3.63, 3.8) is 0 Å². The van der Waals surface area contributed by atoms with Crippen LogP contribution in [-0.4, -0.2) is 54.5 Å². The van der Waals surface area contributed by atoms with Gasteiger partial charge in [-0.25, -0.2) is 4.79 Å². The van der Waals surface area contributed by atoms with Crippen LogP contribution in [0.2, 0.25) is 0 Å². The summed E-state index contributed by atoms with van der Waals surface area (Å²) in [5, 5.41) is 5.63. The third-order valence-corrected chi connectivity index (χ3v) is 5.14. The number of amides is 2. The molecule has 27 heavy (non-hydrogen) atoms. The lowest BCUT2D eigenvalue weighted by Gasteiger charge is -2.38. The first kappa shape index (κ1) is 19.4. The van der Waals surface area contributed by atoms with E-state index < -0.39 is 12.0 Å². The maximum atomic E-state index is 12.4. The van der Waals surface area contributed by atoms with Crippen molar-refractivity contribution < 1.29 is 23.5 Å². The molecule has 1 aliphatic heterocycles. The molecule has 8 nitrogen and oxygen atoms in total. The number of carbonyl (C=O) groups excluding carboxylic acids is 3. The zero-order valence-corrected chi connectivity index (χ0v) is 15.7. The first-order valence-electron chi connectivity index (χ1n) is 9.64. The highest BCUT2D eigenvalue weighted by Gasteiger charge is 2.36. The lowest BCUT2D eigenvalue weighted by Crippen LogP contribution is -2.59. The highest BCUT2D eigenvalue weighted by molar-refractivity contribution is 5.89. The molecular weight excluding hydrogens is 350 g/mol. The molecule has 1 saturated carbocycles. The maximum absolute atomic E-state index is 12.4. The van der Waals surface area contributed by atoms with E-state index in [4.69, 9.17) is 9.15 Å². The third kappa shape index (κ3) is 4.88. The van der Waals surface area contributed by atoms with Crippen molar-refractivity contribution >= 4 is 17.8 Å². The summed E-state index contributed by atoms with van der Waals surface area (Å²) in [5.74, 6) is -0.242. The topological polar surface area (TPSA) is 101 Å². The third-order valence-electron chi connectivity index (χ3n) is 5.14. The summed E-state index contributed by atoms with van der Waals surface area (Å²) >= 11 is 0. The SMILES string of the molecule is CCOC(=O)c1ccc(CNC(=O)CC2C(=O)NCCN2C2CCCC2)o1. The van der Waals surface area contributed by atoms with Gasteiger partial charge in [0.1, 0.15) is 5.76 Å². The van der Waals surface area contributed by atoms with E-state index in [0.29, 0.717) is 18.3 Å².